The minimum atomic E-state index is -0.725. The SMILES string of the molecule is CC(C)(C)OC(N)=O.Cc1ccc(Br)nc1[N+](=O)[O-]. The number of ether oxygens (including phenoxy) is 1. The van der Waals surface area contributed by atoms with Gasteiger partial charge >= 0.3 is 11.9 Å². The standard InChI is InChI=1S/C6H5BrN2O2.C5H11NO2/c1-4-2-3-5(7)8-6(4)9(10)11;1-5(2,3)8-4(6)7/h2-3H,1H3;1-3H3,(H2,6,7). The molecule has 1 rings (SSSR count). The van der Waals surface area contributed by atoms with Crippen LogP contribution >= 0.6 is 15.9 Å². The van der Waals surface area contributed by atoms with E-state index in [1.54, 1.807) is 39.8 Å². The van der Waals surface area contributed by atoms with Crippen LogP contribution in [0, 0.1) is 17.0 Å². The molecule has 0 aromatic carbocycles. The molecular weight excluding hydrogens is 318 g/mol. The molecule has 1 aromatic heterocycles. The second-order valence-electron chi connectivity index (χ2n) is 4.57. The van der Waals surface area contributed by atoms with Crippen LogP contribution in [0.3, 0.4) is 0 Å². The van der Waals surface area contributed by atoms with Crippen molar-refractivity contribution in [3.63, 3.8) is 0 Å². The van der Waals surface area contributed by atoms with E-state index in [1.807, 2.05) is 0 Å². The zero-order chi connectivity index (χ0) is 15.2. The average molecular weight is 334 g/mol. The zero-order valence-corrected chi connectivity index (χ0v) is 12.7. The lowest BCUT2D eigenvalue weighted by Gasteiger charge is -2.16. The van der Waals surface area contributed by atoms with Crippen molar-refractivity contribution < 1.29 is 14.5 Å². The van der Waals surface area contributed by atoms with E-state index in [0.29, 0.717) is 10.2 Å². The Balaban J connectivity index is 0.000000362. The van der Waals surface area contributed by atoms with Crippen LogP contribution in [-0.4, -0.2) is 21.6 Å². The summed E-state index contributed by atoms with van der Waals surface area (Å²) in [5.41, 5.74) is 4.83. The lowest BCUT2D eigenvalue weighted by atomic mass is 10.2. The molecule has 0 fully saturated rings. The van der Waals surface area contributed by atoms with Crippen LogP contribution in [0.15, 0.2) is 16.7 Å². The van der Waals surface area contributed by atoms with Gasteiger partial charge in [-0.25, -0.2) is 4.79 Å². The molecule has 0 atom stereocenters. The van der Waals surface area contributed by atoms with Gasteiger partial charge in [-0.15, -0.1) is 0 Å². The van der Waals surface area contributed by atoms with Crippen LogP contribution in [0.5, 0.6) is 0 Å². The summed E-state index contributed by atoms with van der Waals surface area (Å²) < 4.78 is 5.06. The fourth-order valence-electron chi connectivity index (χ4n) is 0.982. The number of halogens is 1. The van der Waals surface area contributed by atoms with E-state index in [1.165, 1.54) is 0 Å². The number of primary amides is 1. The van der Waals surface area contributed by atoms with Gasteiger partial charge in [-0.1, -0.05) is 0 Å². The van der Waals surface area contributed by atoms with Crippen LogP contribution in [0.1, 0.15) is 26.3 Å². The highest BCUT2D eigenvalue weighted by Crippen LogP contribution is 2.17. The highest BCUT2D eigenvalue weighted by molar-refractivity contribution is 9.10. The quantitative estimate of drug-likeness (QED) is 0.482. The van der Waals surface area contributed by atoms with Gasteiger partial charge in [-0.2, -0.15) is 0 Å². The molecule has 0 bridgehead atoms. The molecule has 7 nitrogen and oxygen atoms in total. The number of rotatable bonds is 1. The van der Waals surface area contributed by atoms with Crippen LogP contribution in [0.2, 0.25) is 0 Å². The van der Waals surface area contributed by atoms with E-state index >= 15 is 0 Å². The summed E-state index contributed by atoms with van der Waals surface area (Å²) in [7, 11) is 0. The van der Waals surface area contributed by atoms with Crippen molar-refractivity contribution in [3.05, 3.63) is 32.4 Å². The predicted octanol–water partition coefficient (Wildman–Crippen LogP) is 2.94. The van der Waals surface area contributed by atoms with Crippen molar-refractivity contribution in [2.75, 3.05) is 0 Å². The van der Waals surface area contributed by atoms with E-state index in [-0.39, 0.29) is 5.82 Å². The fourth-order valence-corrected chi connectivity index (χ4v) is 1.28. The summed E-state index contributed by atoms with van der Waals surface area (Å²) >= 11 is 3.05. The molecule has 0 saturated heterocycles. The Bertz CT molecular complexity index is 471. The van der Waals surface area contributed by atoms with Crippen molar-refractivity contribution in [2.45, 2.75) is 33.3 Å². The maximum atomic E-state index is 10.3. The maximum Gasteiger partial charge on any atom is 0.405 e. The zero-order valence-electron chi connectivity index (χ0n) is 11.1. The first-order valence-electron chi connectivity index (χ1n) is 5.29. The second-order valence-corrected chi connectivity index (χ2v) is 5.38. The van der Waals surface area contributed by atoms with Gasteiger partial charge in [0.1, 0.15) is 5.60 Å². The Labute approximate surface area is 119 Å². The Morgan fingerprint density at radius 3 is 2.26 bits per heavy atom. The lowest BCUT2D eigenvalue weighted by molar-refractivity contribution is -0.390. The molecular formula is C11H16BrN3O4. The molecule has 0 aliphatic heterocycles. The first-order chi connectivity index (χ1) is 8.53. The third-order valence-electron chi connectivity index (χ3n) is 1.62. The number of hydrogen-bond donors (Lipinski definition) is 1. The summed E-state index contributed by atoms with van der Waals surface area (Å²) in [5, 5.41) is 10.3. The topological polar surface area (TPSA) is 108 Å². The lowest BCUT2D eigenvalue weighted by Crippen LogP contribution is -2.27. The number of carbonyl (C=O) groups excluding carboxylic acids is 1. The summed E-state index contributed by atoms with van der Waals surface area (Å²) in [6, 6.07) is 3.32. The number of pyridine rings is 1. The van der Waals surface area contributed by atoms with E-state index in [0.717, 1.165) is 0 Å². The molecule has 0 saturated carbocycles. The normalized spacial score (nSPS) is 10.2. The average Bonchev–Trinajstić information content (AvgIpc) is 2.18. The highest BCUT2D eigenvalue weighted by Gasteiger charge is 2.12. The van der Waals surface area contributed by atoms with Crippen molar-refractivity contribution in [1.29, 1.82) is 0 Å². The highest BCUT2D eigenvalue weighted by atomic mass is 79.9. The fraction of sp³-hybridized carbons (Fsp3) is 0.455. The molecule has 0 aliphatic carbocycles. The number of carbonyl (C=O) groups is 1. The van der Waals surface area contributed by atoms with E-state index < -0.39 is 16.6 Å². The molecule has 0 aliphatic rings. The molecule has 2 N–H and O–H groups in total. The number of hydrogen-bond acceptors (Lipinski definition) is 5. The monoisotopic (exact) mass is 333 g/mol. The molecule has 0 unspecified atom stereocenters. The van der Waals surface area contributed by atoms with E-state index in [9.17, 15) is 14.9 Å². The Kier molecular flexibility index (Phi) is 6.40. The third kappa shape index (κ3) is 8.09. The van der Waals surface area contributed by atoms with Gasteiger partial charge < -0.3 is 20.6 Å². The molecule has 106 valence electrons. The number of aryl methyl sites for hydroxylation is 1. The minimum Gasteiger partial charge on any atom is -0.444 e. The predicted molar refractivity (Wildman–Crippen MR) is 73.7 cm³/mol. The van der Waals surface area contributed by atoms with E-state index in [4.69, 9.17) is 5.73 Å². The van der Waals surface area contributed by atoms with Crippen molar-refractivity contribution >= 4 is 27.8 Å². The summed E-state index contributed by atoms with van der Waals surface area (Å²) in [6.07, 6.45) is -0.725. The van der Waals surface area contributed by atoms with Crippen LogP contribution in [0.4, 0.5) is 10.6 Å². The van der Waals surface area contributed by atoms with Gasteiger partial charge in [0.15, 0.2) is 0 Å². The molecule has 1 heterocycles. The van der Waals surface area contributed by atoms with Gasteiger partial charge in [0, 0.05) is 21.5 Å². The smallest absolute Gasteiger partial charge is 0.405 e. The summed E-state index contributed by atoms with van der Waals surface area (Å²) in [6.45, 7) is 6.94. The first-order valence-corrected chi connectivity index (χ1v) is 6.08. The number of aromatic nitrogens is 1. The molecule has 1 amide bonds. The largest absolute Gasteiger partial charge is 0.444 e. The Morgan fingerprint density at radius 2 is 2.00 bits per heavy atom. The van der Waals surface area contributed by atoms with Gasteiger partial charge in [-0.05, 0) is 49.7 Å². The number of nitrogens with two attached hydrogens (primary N) is 1. The van der Waals surface area contributed by atoms with Crippen LogP contribution in [-0.2, 0) is 4.74 Å². The van der Waals surface area contributed by atoms with Gasteiger partial charge in [0.05, 0.1) is 0 Å². The second kappa shape index (κ2) is 7.03. The van der Waals surface area contributed by atoms with Gasteiger partial charge in [0.25, 0.3) is 0 Å². The Morgan fingerprint density at radius 1 is 1.47 bits per heavy atom. The number of nitro groups is 1. The molecule has 19 heavy (non-hydrogen) atoms. The maximum absolute atomic E-state index is 10.3. The Hall–Kier alpha value is -1.70. The van der Waals surface area contributed by atoms with Crippen LogP contribution in [0.25, 0.3) is 0 Å². The summed E-state index contributed by atoms with van der Waals surface area (Å²) in [5.74, 6) is -0.0978. The first kappa shape index (κ1) is 17.3. The van der Waals surface area contributed by atoms with Crippen LogP contribution < -0.4 is 5.73 Å². The van der Waals surface area contributed by atoms with Gasteiger partial charge in [0.2, 0.25) is 4.60 Å². The van der Waals surface area contributed by atoms with Crippen molar-refractivity contribution in [1.82, 2.24) is 4.98 Å². The molecule has 1 aromatic rings. The number of amides is 1. The molecule has 0 spiro atoms. The summed E-state index contributed by atoms with van der Waals surface area (Å²) in [4.78, 5) is 23.5. The minimum absolute atomic E-state index is 0.0978. The van der Waals surface area contributed by atoms with Crippen molar-refractivity contribution in [2.24, 2.45) is 5.73 Å². The number of nitrogens with zero attached hydrogens (tertiary/aromatic N) is 2. The molecule has 0 radical (unpaired) electrons. The van der Waals surface area contributed by atoms with Crippen molar-refractivity contribution in [3.8, 4) is 0 Å². The van der Waals surface area contributed by atoms with E-state index in [2.05, 4.69) is 25.7 Å². The third-order valence-corrected chi connectivity index (χ3v) is 2.06. The molecule has 8 heteroatoms. The van der Waals surface area contributed by atoms with Gasteiger partial charge in [-0.3, -0.25) is 0 Å².